The molecule has 0 radical (unpaired) electrons. The maximum absolute atomic E-state index is 12.8. The van der Waals surface area contributed by atoms with Crippen molar-refractivity contribution in [3.63, 3.8) is 0 Å². The van der Waals surface area contributed by atoms with Gasteiger partial charge in [0.25, 0.3) is 15.9 Å². The molecular weight excluding hydrogens is 404 g/mol. The third kappa shape index (κ3) is 4.54. The SMILES string of the molecule is CCOC(=O)C1CCN(S(=O)(=O)c2nnc(NC(=O)c3ccccc3)s2)CC1. The molecule has 0 atom stereocenters. The highest BCUT2D eigenvalue weighted by Crippen LogP contribution is 2.28. The fourth-order valence-corrected chi connectivity index (χ4v) is 5.33. The topological polar surface area (TPSA) is 119 Å². The molecule has 28 heavy (non-hydrogen) atoms. The predicted octanol–water partition coefficient (Wildman–Crippen LogP) is 1.75. The summed E-state index contributed by atoms with van der Waals surface area (Å²) >= 11 is 0.796. The van der Waals surface area contributed by atoms with Crippen LogP contribution in [0.1, 0.15) is 30.1 Å². The summed E-state index contributed by atoms with van der Waals surface area (Å²) in [6, 6.07) is 8.52. The Labute approximate surface area is 166 Å². The fraction of sp³-hybridized carbons (Fsp3) is 0.412. The molecule has 0 unspecified atom stereocenters. The lowest BCUT2D eigenvalue weighted by Crippen LogP contribution is -2.40. The number of nitrogens with zero attached hydrogens (tertiary/aromatic N) is 3. The molecule has 1 aliphatic rings. The van der Waals surface area contributed by atoms with Gasteiger partial charge in [0.2, 0.25) is 9.47 Å². The molecule has 1 amide bonds. The van der Waals surface area contributed by atoms with Crippen molar-refractivity contribution in [1.82, 2.24) is 14.5 Å². The Morgan fingerprint density at radius 1 is 1.21 bits per heavy atom. The lowest BCUT2D eigenvalue weighted by molar-refractivity contribution is -0.149. The Morgan fingerprint density at radius 3 is 2.54 bits per heavy atom. The van der Waals surface area contributed by atoms with E-state index < -0.39 is 15.9 Å². The van der Waals surface area contributed by atoms with E-state index in [1.807, 2.05) is 0 Å². The van der Waals surface area contributed by atoms with E-state index in [-0.39, 0.29) is 34.4 Å². The number of benzene rings is 1. The van der Waals surface area contributed by atoms with Crippen LogP contribution in [0.25, 0.3) is 0 Å². The summed E-state index contributed by atoms with van der Waals surface area (Å²) < 4.78 is 31.6. The minimum atomic E-state index is -3.83. The number of nitrogens with one attached hydrogen (secondary N) is 1. The number of hydrogen-bond donors (Lipinski definition) is 1. The summed E-state index contributed by atoms with van der Waals surface area (Å²) in [5, 5.41) is 10.1. The standard InChI is InChI=1S/C17H20N4O5S2/c1-2-26-15(23)13-8-10-21(11-9-13)28(24,25)17-20-19-16(27-17)18-14(22)12-6-4-3-5-7-12/h3-7,13H,2,8-11H2,1H3,(H,18,19,22). The minimum absolute atomic E-state index is 0.105. The fourth-order valence-electron chi connectivity index (χ4n) is 2.83. The second-order valence-corrected chi connectivity index (χ2v) is 9.21. The number of anilines is 1. The predicted molar refractivity (Wildman–Crippen MR) is 102 cm³/mol. The number of carbonyl (C=O) groups excluding carboxylic acids is 2. The molecule has 9 nitrogen and oxygen atoms in total. The Hall–Kier alpha value is -2.37. The molecule has 0 bridgehead atoms. The molecule has 1 aromatic heterocycles. The quantitative estimate of drug-likeness (QED) is 0.554. The number of hydrogen-bond acceptors (Lipinski definition) is 8. The average molecular weight is 425 g/mol. The number of carbonyl (C=O) groups is 2. The lowest BCUT2D eigenvalue weighted by Gasteiger charge is -2.29. The zero-order valence-corrected chi connectivity index (χ0v) is 16.8. The van der Waals surface area contributed by atoms with Crippen molar-refractivity contribution in [2.24, 2.45) is 5.92 Å². The van der Waals surface area contributed by atoms with Crippen LogP contribution in [0, 0.1) is 5.92 Å². The van der Waals surface area contributed by atoms with Crippen molar-refractivity contribution in [2.45, 2.75) is 24.1 Å². The monoisotopic (exact) mass is 424 g/mol. The highest BCUT2D eigenvalue weighted by molar-refractivity contribution is 7.91. The highest BCUT2D eigenvalue weighted by atomic mass is 32.2. The van der Waals surface area contributed by atoms with Crippen LogP contribution in [0.5, 0.6) is 0 Å². The molecule has 3 rings (SSSR count). The molecule has 150 valence electrons. The number of ether oxygens (including phenoxy) is 1. The summed E-state index contributed by atoms with van der Waals surface area (Å²) in [7, 11) is -3.83. The zero-order valence-electron chi connectivity index (χ0n) is 15.2. The van der Waals surface area contributed by atoms with Gasteiger partial charge >= 0.3 is 5.97 Å². The smallest absolute Gasteiger partial charge is 0.309 e. The molecule has 1 saturated heterocycles. The van der Waals surface area contributed by atoms with Gasteiger partial charge in [0.05, 0.1) is 12.5 Å². The van der Waals surface area contributed by atoms with Crippen LogP contribution in [0.15, 0.2) is 34.7 Å². The number of piperidine rings is 1. The summed E-state index contributed by atoms with van der Waals surface area (Å²) in [5.41, 5.74) is 0.433. The van der Waals surface area contributed by atoms with Crippen LogP contribution in [-0.4, -0.2) is 54.5 Å². The van der Waals surface area contributed by atoms with Gasteiger partial charge in [0.15, 0.2) is 0 Å². The van der Waals surface area contributed by atoms with Crippen molar-refractivity contribution < 1.29 is 22.7 Å². The van der Waals surface area contributed by atoms with Gasteiger partial charge in [0, 0.05) is 18.7 Å². The van der Waals surface area contributed by atoms with E-state index in [0.717, 1.165) is 11.3 Å². The van der Waals surface area contributed by atoms with Crippen LogP contribution in [0.2, 0.25) is 0 Å². The first kappa shape index (κ1) is 20.4. The van der Waals surface area contributed by atoms with Crippen LogP contribution >= 0.6 is 11.3 Å². The second kappa shape index (κ2) is 8.76. The Bertz CT molecular complexity index is 937. The molecule has 0 saturated carbocycles. The molecule has 0 spiro atoms. The maximum atomic E-state index is 12.8. The van der Waals surface area contributed by atoms with E-state index >= 15 is 0 Å². The van der Waals surface area contributed by atoms with Crippen LogP contribution in [0.3, 0.4) is 0 Å². The van der Waals surface area contributed by atoms with Crippen LogP contribution in [0.4, 0.5) is 5.13 Å². The molecular formula is C17H20N4O5S2. The second-order valence-electron chi connectivity index (χ2n) is 6.12. The molecule has 1 N–H and O–H groups in total. The van der Waals surface area contributed by atoms with Crippen LogP contribution < -0.4 is 5.32 Å². The average Bonchev–Trinajstić information content (AvgIpc) is 3.18. The van der Waals surface area contributed by atoms with Crippen molar-refractivity contribution in [2.75, 3.05) is 25.0 Å². The van der Waals surface area contributed by atoms with Gasteiger partial charge in [-0.25, -0.2) is 8.42 Å². The molecule has 2 heterocycles. The molecule has 2 aromatic rings. The first-order valence-electron chi connectivity index (χ1n) is 8.78. The highest BCUT2D eigenvalue weighted by Gasteiger charge is 2.34. The van der Waals surface area contributed by atoms with E-state index in [1.54, 1.807) is 37.3 Å². The number of aromatic nitrogens is 2. The summed E-state index contributed by atoms with van der Waals surface area (Å²) in [6.45, 7) is 2.45. The van der Waals surface area contributed by atoms with E-state index in [0.29, 0.717) is 25.0 Å². The normalized spacial score (nSPS) is 15.9. The van der Waals surface area contributed by atoms with Gasteiger partial charge in [-0.1, -0.05) is 29.5 Å². The van der Waals surface area contributed by atoms with Crippen molar-refractivity contribution >= 4 is 38.4 Å². The third-order valence-corrected chi connectivity index (χ3v) is 7.38. The third-order valence-electron chi connectivity index (χ3n) is 4.30. The Balaban J connectivity index is 1.64. The van der Waals surface area contributed by atoms with Crippen molar-refractivity contribution in [1.29, 1.82) is 0 Å². The summed E-state index contributed by atoms with van der Waals surface area (Å²) in [5.74, 6) is -0.973. The van der Waals surface area contributed by atoms with Crippen molar-refractivity contribution in [3.8, 4) is 0 Å². The Kier molecular flexibility index (Phi) is 6.37. The van der Waals surface area contributed by atoms with Gasteiger partial charge in [-0.05, 0) is 31.9 Å². The van der Waals surface area contributed by atoms with Gasteiger partial charge < -0.3 is 4.74 Å². The van der Waals surface area contributed by atoms with Crippen molar-refractivity contribution in [3.05, 3.63) is 35.9 Å². The van der Waals surface area contributed by atoms with Gasteiger partial charge in [-0.15, -0.1) is 10.2 Å². The molecule has 1 fully saturated rings. The Morgan fingerprint density at radius 2 is 1.89 bits per heavy atom. The maximum Gasteiger partial charge on any atom is 0.309 e. The van der Waals surface area contributed by atoms with E-state index in [4.69, 9.17) is 4.74 Å². The summed E-state index contributed by atoms with van der Waals surface area (Å²) in [6.07, 6.45) is 0.795. The van der Waals surface area contributed by atoms with E-state index in [1.165, 1.54) is 4.31 Å². The van der Waals surface area contributed by atoms with Crippen LogP contribution in [-0.2, 0) is 19.6 Å². The zero-order chi connectivity index (χ0) is 20.1. The first-order valence-corrected chi connectivity index (χ1v) is 11.0. The lowest BCUT2D eigenvalue weighted by atomic mass is 9.98. The molecule has 1 aromatic carbocycles. The molecule has 11 heteroatoms. The van der Waals surface area contributed by atoms with Gasteiger partial charge in [0.1, 0.15) is 0 Å². The largest absolute Gasteiger partial charge is 0.466 e. The summed E-state index contributed by atoms with van der Waals surface area (Å²) in [4.78, 5) is 23.9. The van der Waals surface area contributed by atoms with Gasteiger partial charge in [-0.2, -0.15) is 4.31 Å². The number of rotatable bonds is 6. The number of amides is 1. The van der Waals surface area contributed by atoms with Gasteiger partial charge in [-0.3, -0.25) is 14.9 Å². The number of sulfonamides is 1. The first-order chi connectivity index (χ1) is 13.4. The molecule has 1 aliphatic heterocycles. The minimum Gasteiger partial charge on any atom is -0.466 e. The number of esters is 1. The van der Waals surface area contributed by atoms with E-state index in [9.17, 15) is 18.0 Å². The molecule has 0 aliphatic carbocycles. The van der Waals surface area contributed by atoms with E-state index in [2.05, 4.69) is 15.5 Å².